The largest absolute Gasteiger partial charge is 0.280 e. The van der Waals surface area contributed by atoms with Gasteiger partial charge in [0.25, 0.3) is 0 Å². The van der Waals surface area contributed by atoms with Crippen molar-refractivity contribution in [2.24, 2.45) is 0 Å². The second-order valence-corrected chi connectivity index (χ2v) is 2.33. The lowest BCUT2D eigenvalue weighted by Crippen LogP contribution is -2.01. The van der Waals surface area contributed by atoms with Crippen LogP contribution in [0.15, 0.2) is 11.8 Å². The van der Waals surface area contributed by atoms with Crippen LogP contribution in [0.2, 0.25) is 0 Å². The number of hydroxylamine groups is 1. The molecule has 0 aliphatic heterocycles. The maximum atomic E-state index is 4.68. The maximum Gasteiger partial charge on any atom is 0.0636 e. The van der Waals surface area contributed by atoms with Crippen molar-refractivity contribution >= 4 is 0 Å². The minimum Gasteiger partial charge on any atom is -0.280 e. The van der Waals surface area contributed by atoms with Gasteiger partial charge in [-0.3, -0.25) is 10.3 Å². The molecule has 0 atom stereocenters. The molecule has 0 spiro atoms. The topological polar surface area (TPSA) is 21.3 Å². The molecule has 1 fully saturated rings. The Morgan fingerprint density at radius 1 is 1.44 bits per heavy atom. The van der Waals surface area contributed by atoms with Gasteiger partial charge in [0.05, 0.1) is 7.11 Å². The van der Waals surface area contributed by atoms with Gasteiger partial charge in [0.15, 0.2) is 0 Å². The molecule has 0 saturated heterocycles. The van der Waals surface area contributed by atoms with E-state index in [-0.39, 0.29) is 0 Å². The highest BCUT2D eigenvalue weighted by Crippen LogP contribution is 2.22. The number of nitrogens with one attached hydrogen (secondary N) is 1. The molecule has 1 N–H and O–H groups in total. The van der Waals surface area contributed by atoms with Gasteiger partial charge in [0, 0.05) is 6.20 Å². The number of hydrogen-bond acceptors (Lipinski definition) is 2. The van der Waals surface area contributed by atoms with E-state index in [1.807, 2.05) is 6.20 Å². The second kappa shape index (κ2) is 3.51. The molecule has 0 bridgehead atoms. The summed E-state index contributed by atoms with van der Waals surface area (Å²) in [5.74, 6) is 0. The summed E-state index contributed by atoms with van der Waals surface area (Å²) in [4.78, 5) is 4.68. The van der Waals surface area contributed by atoms with Crippen LogP contribution in [-0.2, 0) is 4.84 Å². The smallest absolute Gasteiger partial charge is 0.0636 e. The summed E-state index contributed by atoms with van der Waals surface area (Å²) in [7, 11) is 1.63. The summed E-state index contributed by atoms with van der Waals surface area (Å²) in [5, 5.41) is 0. The summed E-state index contributed by atoms with van der Waals surface area (Å²) in [6, 6.07) is 0. The fourth-order valence-corrected chi connectivity index (χ4v) is 1.12. The lowest BCUT2D eigenvalue weighted by Gasteiger charge is -1.96. The average Bonchev–Trinajstić information content (AvgIpc) is 2.34. The molecule has 9 heavy (non-hydrogen) atoms. The van der Waals surface area contributed by atoms with Crippen molar-refractivity contribution in [1.82, 2.24) is 5.48 Å². The zero-order chi connectivity index (χ0) is 6.53. The number of rotatable bonds is 2. The Balaban J connectivity index is 2.22. The molecule has 2 nitrogen and oxygen atoms in total. The lowest BCUT2D eigenvalue weighted by atomic mass is 10.2. The van der Waals surface area contributed by atoms with Crippen LogP contribution < -0.4 is 5.48 Å². The third kappa shape index (κ3) is 2.06. The third-order valence-electron chi connectivity index (χ3n) is 1.63. The summed E-state index contributed by atoms with van der Waals surface area (Å²) in [5.41, 5.74) is 4.21. The van der Waals surface area contributed by atoms with E-state index in [2.05, 4.69) is 10.3 Å². The molecule has 0 aromatic rings. The summed E-state index contributed by atoms with van der Waals surface area (Å²) in [6.07, 6.45) is 7.15. The predicted octanol–water partition coefficient (Wildman–Crippen LogP) is 1.60. The molecular weight excluding hydrogens is 114 g/mol. The first-order valence-electron chi connectivity index (χ1n) is 3.40. The van der Waals surface area contributed by atoms with Gasteiger partial charge in [-0.25, -0.2) is 0 Å². The molecule has 0 aromatic carbocycles. The molecule has 0 radical (unpaired) electrons. The number of hydrogen-bond donors (Lipinski definition) is 1. The van der Waals surface area contributed by atoms with Crippen LogP contribution in [0.5, 0.6) is 0 Å². The summed E-state index contributed by atoms with van der Waals surface area (Å²) in [6.45, 7) is 0. The van der Waals surface area contributed by atoms with Crippen molar-refractivity contribution in [3.8, 4) is 0 Å². The van der Waals surface area contributed by atoms with Gasteiger partial charge in [-0.2, -0.15) is 0 Å². The van der Waals surface area contributed by atoms with Gasteiger partial charge in [-0.15, -0.1) is 0 Å². The number of allylic oxidation sites excluding steroid dienone is 1. The molecule has 1 saturated carbocycles. The Bertz CT molecular complexity index is 101. The molecule has 1 rings (SSSR count). The standard InChI is InChI=1S/C7H13NO/c1-9-8-6-7-4-2-3-5-7/h6,8H,2-5H2,1H3. The van der Waals surface area contributed by atoms with Crippen LogP contribution >= 0.6 is 0 Å². The van der Waals surface area contributed by atoms with Gasteiger partial charge in [0.1, 0.15) is 0 Å². The van der Waals surface area contributed by atoms with Crippen LogP contribution in [0.3, 0.4) is 0 Å². The van der Waals surface area contributed by atoms with Crippen molar-refractivity contribution in [3.63, 3.8) is 0 Å². The van der Waals surface area contributed by atoms with E-state index in [1.54, 1.807) is 7.11 Å². The predicted molar refractivity (Wildman–Crippen MR) is 36.7 cm³/mol. The monoisotopic (exact) mass is 127 g/mol. The van der Waals surface area contributed by atoms with Crippen molar-refractivity contribution in [2.75, 3.05) is 7.11 Å². The van der Waals surface area contributed by atoms with E-state index in [0.29, 0.717) is 0 Å². The SMILES string of the molecule is CONC=C1CCCC1. The second-order valence-electron chi connectivity index (χ2n) is 2.33. The van der Waals surface area contributed by atoms with Crippen molar-refractivity contribution in [1.29, 1.82) is 0 Å². The van der Waals surface area contributed by atoms with Gasteiger partial charge in [-0.1, -0.05) is 5.57 Å². The molecule has 0 unspecified atom stereocenters. The van der Waals surface area contributed by atoms with E-state index < -0.39 is 0 Å². The van der Waals surface area contributed by atoms with Crippen LogP contribution in [0.4, 0.5) is 0 Å². The van der Waals surface area contributed by atoms with Gasteiger partial charge in [-0.05, 0) is 25.7 Å². The highest BCUT2D eigenvalue weighted by atomic mass is 16.6. The normalized spacial score (nSPS) is 18.1. The molecule has 0 amide bonds. The van der Waals surface area contributed by atoms with Crippen LogP contribution in [0.1, 0.15) is 25.7 Å². The van der Waals surface area contributed by atoms with E-state index in [1.165, 1.54) is 31.3 Å². The van der Waals surface area contributed by atoms with Crippen LogP contribution in [0.25, 0.3) is 0 Å². The highest BCUT2D eigenvalue weighted by molar-refractivity contribution is 5.03. The van der Waals surface area contributed by atoms with Crippen molar-refractivity contribution in [2.45, 2.75) is 25.7 Å². The Kier molecular flexibility index (Phi) is 2.58. The van der Waals surface area contributed by atoms with Gasteiger partial charge < -0.3 is 0 Å². The van der Waals surface area contributed by atoms with Crippen LogP contribution in [0, 0.1) is 0 Å². The Morgan fingerprint density at radius 2 is 2.11 bits per heavy atom. The van der Waals surface area contributed by atoms with Crippen molar-refractivity contribution in [3.05, 3.63) is 11.8 Å². The first kappa shape index (κ1) is 6.62. The first-order chi connectivity index (χ1) is 4.43. The molecule has 1 aliphatic rings. The van der Waals surface area contributed by atoms with E-state index in [4.69, 9.17) is 0 Å². The highest BCUT2D eigenvalue weighted by Gasteiger charge is 2.04. The molecule has 0 aromatic heterocycles. The van der Waals surface area contributed by atoms with Crippen LogP contribution in [-0.4, -0.2) is 7.11 Å². The Labute approximate surface area is 55.9 Å². The molecule has 2 heteroatoms. The Hall–Kier alpha value is -0.500. The van der Waals surface area contributed by atoms with Crippen molar-refractivity contribution < 1.29 is 4.84 Å². The quantitative estimate of drug-likeness (QED) is 0.569. The van der Waals surface area contributed by atoms with E-state index in [0.717, 1.165) is 0 Å². The first-order valence-corrected chi connectivity index (χ1v) is 3.40. The fourth-order valence-electron chi connectivity index (χ4n) is 1.12. The summed E-state index contributed by atoms with van der Waals surface area (Å²) >= 11 is 0. The fraction of sp³-hybridized carbons (Fsp3) is 0.714. The zero-order valence-corrected chi connectivity index (χ0v) is 5.81. The maximum absolute atomic E-state index is 4.68. The molecule has 1 aliphatic carbocycles. The minimum atomic E-state index is 1.25. The molecular formula is C7H13NO. The van der Waals surface area contributed by atoms with E-state index >= 15 is 0 Å². The van der Waals surface area contributed by atoms with Gasteiger partial charge >= 0.3 is 0 Å². The zero-order valence-electron chi connectivity index (χ0n) is 5.81. The summed E-state index contributed by atoms with van der Waals surface area (Å²) < 4.78 is 0. The van der Waals surface area contributed by atoms with E-state index in [9.17, 15) is 0 Å². The minimum absolute atomic E-state index is 1.25. The Morgan fingerprint density at radius 3 is 2.67 bits per heavy atom. The lowest BCUT2D eigenvalue weighted by molar-refractivity contribution is 0.127. The van der Waals surface area contributed by atoms with Gasteiger partial charge in [0.2, 0.25) is 0 Å². The molecule has 0 heterocycles. The molecule has 52 valence electrons. The average molecular weight is 127 g/mol. The third-order valence-corrected chi connectivity index (χ3v) is 1.63.